The Morgan fingerprint density at radius 2 is 1.83 bits per heavy atom. The van der Waals surface area contributed by atoms with E-state index in [2.05, 4.69) is 59.2 Å². The SMILES string of the molecule is CCNC(Cc1nc(C(C)(C)C)cs1)C(C)(C)C. The van der Waals surface area contributed by atoms with E-state index in [4.69, 9.17) is 4.98 Å². The Labute approximate surface area is 116 Å². The van der Waals surface area contributed by atoms with Gasteiger partial charge < -0.3 is 5.32 Å². The third-order valence-corrected chi connectivity index (χ3v) is 4.07. The van der Waals surface area contributed by atoms with E-state index >= 15 is 0 Å². The molecular formula is C15H28N2S. The van der Waals surface area contributed by atoms with Gasteiger partial charge in [0.05, 0.1) is 10.7 Å². The van der Waals surface area contributed by atoms with Crippen molar-refractivity contribution in [2.75, 3.05) is 6.54 Å². The largest absolute Gasteiger partial charge is 0.313 e. The molecule has 1 heterocycles. The zero-order valence-electron chi connectivity index (χ0n) is 12.9. The molecule has 0 saturated carbocycles. The molecule has 3 heteroatoms. The van der Waals surface area contributed by atoms with Crippen LogP contribution in [0, 0.1) is 5.41 Å². The van der Waals surface area contributed by atoms with Crippen molar-refractivity contribution in [1.29, 1.82) is 0 Å². The molecule has 0 amide bonds. The Bertz CT molecular complexity index is 369. The summed E-state index contributed by atoms with van der Waals surface area (Å²) in [6, 6.07) is 0.487. The monoisotopic (exact) mass is 268 g/mol. The number of hydrogen-bond donors (Lipinski definition) is 1. The van der Waals surface area contributed by atoms with Crippen LogP contribution in [0.3, 0.4) is 0 Å². The fourth-order valence-electron chi connectivity index (χ4n) is 1.85. The van der Waals surface area contributed by atoms with Crippen LogP contribution < -0.4 is 5.32 Å². The Hall–Kier alpha value is -0.410. The summed E-state index contributed by atoms with van der Waals surface area (Å²) in [7, 11) is 0. The summed E-state index contributed by atoms with van der Waals surface area (Å²) in [5.41, 5.74) is 1.64. The van der Waals surface area contributed by atoms with Crippen molar-refractivity contribution in [3.05, 3.63) is 16.1 Å². The molecule has 0 aliphatic carbocycles. The van der Waals surface area contributed by atoms with Crippen molar-refractivity contribution in [3.8, 4) is 0 Å². The number of aromatic nitrogens is 1. The van der Waals surface area contributed by atoms with Gasteiger partial charge in [-0.15, -0.1) is 11.3 Å². The zero-order valence-corrected chi connectivity index (χ0v) is 13.7. The average molecular weight is 268 g/mol. The van der Waals surface area contributed by atoms with E-state index in [1.807, 2.05) is 0 Å². The molecule has 104 valence electrons. The van der Waals surface area contributed by atoms with Gasteiger partial charge in [-0.3, -0.25) is 0 Å². The van der Waals surface area contributed by atoms with Gasteiger partial charge in [-0.2, -0.15) is 0 Å². The summed E-state index contributed by atoms with van der Waals surface area (Å²) in [6.07, 6.45) is 1.03. The molecule has 1 atom stereocenters. The maximum absolute atomic E-state index is 4.80. The Balaban J connectivity index is 2.79. The number of hydrogen-bond acceptors (Lipinski definition) is 3. The van der Waals surface area contributed by atoms with Crippen LogP contribution in [0.2, 0.25) is 0 Å². The van der Waals surface area contributed by atoms with Gasteiger partial charge in [0.15, 0.2) is 0 Å². The van der Waals surface area contributed by atoms with Crippen LogP contribution in [-0.2, 0) is 11.8 Å². The standard InChI is InChI=1S/C15H28N2S/c1-8-16-11(14(2,3)4)9-13-17-12(10-18-13)15(5,6)7/h10-11,16H,8-9H2,1-7H3. The minimum atomic E-state index is 0.157. The number of rotatable bonds is 4. The highest BCUT2D eigenvalue weighted by atomic mass is 32.1. The van der Waals surface area contributed by atoms with Crippen molar-refractivity contribution in [2.45, 2.75) is 66.3 Å². The summed E-state index contributed by atoms with van der Waals surface area (Å²) >= 11 is 1.80. The summed E-state index contributed by atoms with van der Waals surface area (Å²) in [6.45, 7) is 16.7. The van der Waals surface area contributed by atoms with Crippen LogP contribution in [0.15, 0.2) is 5.38 Å². The minimum Gasteiger partial charge on any atom is -0.313 e. The molecule has 0 spiro atoms. The van der Waals surface area contributed by atoms with Gasteiger partial charge in [-0.1, -0.05) is 48.5 Å². The maximum atomic E-state index is 4.80. The predicted molar refractivity (Wildman–Crippen MR) is 81.4 cm³/mol. The molecule has 0 fully saturated rings. The third-order valence-electron chi connectivity index (χ3n) is 3.19. The first-order chi connectivity index (χ1) is 8.14. The van der Waals surface area contributed by atoms with Crippen LogP contribution in [0.5, 0.6) is 0 Å². The normalized spacial score (nSPS) is 14.8. The summed E-state index contributed by atoms with van der Waals surface area (Å²) in [5, 5.41) is 7.05. The van der Waals surface area contributed by atoms with E-state index in [0.29, 0.717) is 6.04 Å². The third kappa shape index (κ3) is 4.36. The number of nitrogens with zero attached hydrogens (tertiary/aromatic N) is 1. The fourth-order valence-corrected chi connectivity index (χ4v) is 2.92. The highest BCUT2D eigenvalue weighted by Crippen LogP contribution is 2.27. The van der Waals surface area contributed by atoms with Gasteiger partial charge in [0, 0.05) is 23.3 Å². The fraction of sp³-hybridized carbons (Fsp3) is 0.800. The lowest BCUT2D eigenvalue weighted by atomic mass is 9.85. The maximum Gasteiger partial charge on any atom is 0.0944 e. The lowest BCUT2D eigenvalue weighted by Crippen LogP contribution is -2.41. The van der Waals surface area contributed by atoms with Gasteiger partial charge in [0.2, 0.25) is 0 Å². The zero-order chi connectivity index (χ0) is 14.0. The van der Waals surface area contributed by atoms with Crippen molar-refractivity contribution in [2.24, 2.45) is 5.41 Å². The topological polar surface area (TPSA) is 24.9 Å². The predicted octanol–water partition coefficient (Wildman–Crippen LogP) is 4.01. The second kappa shape index (κ2) is 5.70. The molecular weight excluding hydrogens is 240 g/mol. The van der Waals surface area contributed by atoms with Crippen LogP contribution in [-0.4, -0.2) is 17.6 Å². The van der Waals surface area contributed by atoms with Crippen LogP contribution in [0.25, 0.3) is 0 Å². The molecule has 2 nitrogen and oxygen atoms in total. The van der Waals surface area contributed by atoms with E-state index in [-0.39, 0.29) is 10.8 Å². The van der Waals surface area contributed by atoms with Gasteiger partial charge in [0.1, 0.15) is 0 Å². The number of thiazole rings is 1. The molecule has 0 aliphatic heterocycles. The van der Waals surface area contributed by atoms with Gasteiger partial charge in [-0.25, -0.2) is 4.98 Å². The van der Waals surface area contributed by atoms with E-state index in [1.54, 1.807) is 11.3 Å². The Kier molecular flexibility index (Phi) is 4.96. The minimum absolute atomic E-state index is 0.157. The van der Waals surface area contributed by atoms with Crippen molar-refractivity contribution >= 4 is 11.3 Å². The highest BCUT2D eigenvalue weighted by molar-refractivity contribution is 7.09. The molecule has 0 saturated heterocycles. The number of likely N-dealkylation sites (N-methyl/N-ethyl adjacent to an activating group) is 1. The van der Waals surface area contributed by atoms with E-state index in [1.165, 1.54) is 10.7 Å². The summed E-state index contributed by atoms with van der Waals surface area (Å²) < 4.78 is 0. The smallest absolute Gasteiger partial charge is 0.0944 e. The molecule has 1 unspecified atom stereocenters. The van der Waals surface area contributed by atoms with Crippen LogP contribution >= 0.6 is 11.3 Å². The molecule has 1 aromatic heterocycles. The highest BCUT2D eigenvalue weighted by Gasteiger charge is 2.26. The van der Waals surface area contributed by atoms with Gasteiger partial charge in [0.25, 0.3) is 0 Å². The average Bonchev–Trinajstić information content (AvgIpc) is 2.63. The molecule has 1 aromatic rings. The lowest BCUT2D eigenvalue weighted by Gasteiger charge is -2.30. The first-order valence-electron chi connectivity index (χ1n) is 6.83. The van der Waals surface area contributed by atoms with E-state index in [9.17, 15) is 0 Å². The number of nitrogens with one attached hydrogen (secondary N) is 1. The first-order valence-corrected chi connectivity index (χ1v) is 7.71. The summed E-state index contributed by atoms with van der Waals surface area (Å²) in [4.78, 5) is 4.80. The quantitative estimate of drug-likeness (QED) is 0.892. The lowest BCUT2D eigenvalue weighted by molar-refractivity contribution is 0.269. The molecule has 0 bridgehead atoms. The molecule has 1 rings (SSSR count). The summed E-state index contributed by atoms with van der Waals surface area (Å²) in [5.74, 6) is 0. The Morgan fingerprint density at radius 1 is 1.22 bits per heavy atom. The molecule has 1 N–H and O–H groups in total. The van der Waals surface area contributed by atoms with Crippen LogP contribution in [0.4, 0.5) is 0 Å². The van der Waals surface area contributed by atoms with Gasteiger partial charge >= 0.3 is 0 Å². The van der Waals surface area contributed by atoms with Gasteiger partial charge in [-0.05, 0) is 12.0 Å². The van der Waals surface area contributed by atoms with Crippen molar-refractivity contribution < 1.29 is 0 Å². The molecule has 0 aromatic carbocycles. The second-order valence-corrected chi connectivity index (χ2v) is 8.00. The van der Waals surface area contributed by atoms with Crippen molar-refractivity contribution in [1.82, 2.24) is 10.3 Å². The first kappa shape index (κ1) is 15.6. The molecule has 18 heavy (non-hydrogen) atoms. The van der Waals surface area contributed by atoms with E-state index < -0.39 is 0 Å². The Morgan fingerprint density at radius 3 is 2.22 bits per heavy atom. The molecule has 0 radical (unpaired) electrons. The molecule has 0 aliphatic rings. The van der Waals surface area contributed by atoms with E-state index in [0.717, 1.165) is 13.0 Å². The van der Waals surface area contributed by atoms with Crippen molar-refractivity contribution in [3.63, 3.8) is 0 Å². The second-order valence-electron chi connectivity index (χ2n) is 7.06. The van der Waals surface area contributed by atoms with Crippen LogP contribution in [0.1, 0.15) is 59.2 Å².